The Morgan fingerprint density at radius 3 is 2.47 bits per heavy atom. The van der Waals surface area contributed by atoms with Crippen molar-refractivity contribution in [3.63, 3.8) is 0 Å². The van der Waals surface area contributed by atoms with Gasteiger partial charge in [0.05, 0.1) is 17.5 Å². The molecule has 0 saturated heterocycles. The van der Waals surface area contributed by atoms with E-state index in [9.17, 15) is 29.7 Å². The number of thiophene rings is 1. The van der Waals surface area contributed by atoms with Crippen LogP contribution in [0, 0.1) is 17.8 Å². The van der Waals surface area contributed by atoms with Crippen molar-refractivity contribution in [3.05, 3.63) is 76.3 Å². The molecule has 3 aliphatic carbocycles. The van der Waals surface area contributed by atoms with Crippen LogP contribution in [0.5, 0.6) is 5.75 Å². The van der Waals surface area contributed by atoms with Gasteiger partial charge in [-0.15, -0.1) is 11.3 Å². The zero-order valence-corrected chi connectivity index (χ0v) is 21.6. The van der Waals surface area contributed by atoms with Crippen molar-refractivity contribution in [2.24, 2.45) is 23.5 Å². The molecule has 194 valence electrons. The van der Waals surface area contributed by atoms with E-state index in [1.807, 2.05) is 30.3 Å². The number of allylic oxidation sites excluding steroid dienone is 2. The van der Waals surface area contributed by atoms with Gasteiger partial charge >= 0.3 is 0 Å². The van der Waals surface area contributed by atoms with Gasteiger partial charge in [0.25, 0.3) is 5.91 Å². The molecule has 5 N–H and O–H groups in total. The smallest absolute Gasteiger partial charge is 0.255 e. The van der Waals surface area contributed by atoms with Crippen LogP contribution in [0.2, 0.25) is 0 Å². The Balaban J connectivity index is 1.51. The highest BCUT2D eigenvalue weighted by Crippen LogP contribution is 2.52. The minimum Gasteiger partial charge on any atom is -0.511 e. The highest BCUT2D eigenvalue weighted by Gasteiger charge is 2.54. The summed E-state index contributed by atoms with van der Waals surface area (Å²) in [6.45, 7) is 0. The van der Waals surface area contributed by atoms with Gasteiger partial charge in [-0.3, -0.25) is 19.3 Å². The summed E-state index contributed by atoms with van der Waals surface area (Å²) in [6.07, 6.45) is 0.685. The van der Waals surface area contributed by atoms with E-state index in [0.29, 0.717) is 18.4 Å². The largest absolute Gasteiger partial charge is 0.511 e. The van der Waals surface area contributed by atoms with Crippen molar-refractivity contribution in [1.29, 1.82) is 0 Å². The van der Waals surface area contributed by atoms with Crippen LogP contribution < -0.4 is 5.73 Å². The van der Waals surface area contributed by atoms with E-state index >= 15 is 0 Å². The summed E-state index contributed by atoms with van der Waals surface area (Å²) in [6, 6.07) is 12.6. The minimum atomic E-state index is -1.19. The van der Waals surface area contributed by atoms with Gasteiger partial charge < -0.3 is 21.1 Å². The number of hydrogen-bond acceptors (Lipinski definition) is 8. The van der Waals surface area contributed by atoms with Gasteiger partial charge in [0, 0.05) is 15.2 Å². The van der Waals surface area contributed by atoms with Crippen LogP contribution in [0.3, 0.4) is 0 Å². The third-order valence-electron chi connectivity index (χ3n) is 8.14. The Morgan fingerprint density at radius 2 is 1.79 bits per heavy atom. The molecule has 1 amide bonds. The number of ketones is 2. The zero-order chi connectivity index (χ0) is 27.0. The summed E-state index contributed by atoms with van der Waals surface area (Å²) in [5.41, 5.74) is 6.62. The van der Waals surface area contributed by atoms with Gasteiger partial charge in [-0.25, -0.2) is 0 Å². The number of aromatic hydroxyl groups is 1. The van der Waals surface area contributed by atoms with E-state index in [2.05, 4.69) is 6.07 Å². The molecule has 3 aromatic rings. The fourth-order valence-corrected chi connectivity index (χ4v) is 7.73. The average Bonchev–Trinajstić information content (AvgIpc) is 3.27. The third kappa shape index (κ3) is 3.35. The predicted molar refractivity (Wildman–Crippen MR) is 143 cm³/mol. The van der Waals surface area contributed by atoms with Crippen LogP contribution in [0.15, 0.2) is 65.1 Å². The molecule has 6 rings (SSSR count). The monoisotopic (exact) mass is 530 g/mol. The summed E-state index contributed by atoms with van der Waals surface area (Å²) < 4.78 is 1.10. The molecule has 0 bridgehead atoms. The Kier molecular flexibility index (Phi) is 5.48. The first kappa shape index (κ1) is 24.4. The van der Waals surface area contributed by atoms with E-state index in [4.69, 9.17) is 5.73 Å². The van der Waals surface area contributed by atoms with Crippen LogP contribution >= 0.6 is 11.3 Å². The highest BCUT2D eigenvalue weighted by molar-refractivity contribution is 7.22. The standard InChI is InChI=1S/C29H26N2O6S/c1-31(2)24-16-10-13-9-15-14(19-11-12-5-3-4-6-18(12)38-19)7-8-17(32)21(15)25(33)20(13)26(34)22(16)27(35)23(28(24)36)29(30)37/h3-8,11,13,16,22,24,32,34,36H,9-10H2,1-2H3,(H2,30,37)/t13-,16+,22?,24-/m0/s1. The van der Waals surface area contributed by atoms with Gasteiger partial charge in [-0.1, -0.05) is 18.2 Å². The second-order valence-corrected chi connectivity index (χ2v) is 11.5. The lowest BCUT2D eigenvalue weighted by molar-refractivity contribution is -0.127. The van der Waals surface area contributed by atoms with Gasteiger partial charge in [-0.2, -0.15) is 0 Å². The molecule has 38 heavy (non-hydrogen) atoms. The van der Waals surface area contributed by atoms with Crippen LogP contribution in [0.1, 0.15) is 22.3 Å². The van der Waals surface area contributed by atoms with Crippen molar-refractivity contribution in [2.75, 3.05) is 14.1 Å². The number of nitrogens with two attached hydrogens (primary N) is 1. The first-order chi connectivity index (χ1) is 18.1. The summed E-state index contributed by atoms with van der Waals surface area (Å²) in [7, 11) is 3.42. The maximum absolute atomic E-state index is 13.9. The van der Waals surface area contributed by atoms with E-state index in [-0.39, 0.29) is 16.9 Å². The van der Waals surface area contributed by atoms with E-state index < -0.39 is 58.4 Å². The quantitative estimate of drug-likeness (QED) is 0.377. The van der Waals surface area contributed by atoms with E-state index in [1.165, 1.54) is 6.07 Å². The molecule has 0 aliphatic heterocycles. The summed E-state index contributed by atoms with van der Waals surface area (Å²) in [4.78, 5) is 41.9. The maximum Gasteiger partial charge on any atom is 0.255 e. The normalized spacial score (nSPS) is 25.0. The van der Waals surface area contributed by atoms with Gasteiger partial charge in [-0.05, 0) is 79.6 Å². The fraction of sp³-hybridized carbons (Fsp3) is 0.276. The molecule has 4 atom stereocenters. The number of amides is 1. The number of primary amides is 1. The number of Topliss-reactive ketones (excluding diaryl/α,β-unsaturated/α-hetero) is 2. The summed E-state index contributed by atoms with van der Waals surface area (Å²) in [5.74, 6) is -5.60. The number of phenolic OH excluding ortho intramolecular Hbond substituents is 1. The Bertz CT molecular complexity index is 1600. The lowest BCUT2D eigenvalue weighted by Gasteiger charge is -2.46. The summed E-state index contributed by atoms with van der Waals surface area (Å²) >= 11 is 1.60. The first-order valence-corrected chi connectivity index (χ1v) is 13.2. The molecule has 1 unspecified atom stereocenters. The fourth-order valence-electron chi connectivity index (χ4n) is 6.61. The Labute approximate surface area is 222 Å². The molecule has 0 saturated carbocycles. The molecule has 0 fully saturated rings. The van der Waals surface area contributed by atoms with Crippen LogP contribution in [0.4, 0.5) is 0 Å². The molecule has 0 radical (unpaired) electrons. The number of benzene rings is 2. The Morgan fingerprint density at radius 1 is 1.05 bits per heavy atom. The van der Waals surface area contributed by atoms with Gasteiger partial charge in [0.15, 0.2) is 11.6 Å². The third-order valence-corrected chi connectivity index (χ3v) is 9.29. The van der Waals surface area contributed by atoms with Gasteiger partial charge in [0.1, 0.15) is 22.8 Å². The second kappa shape index (κ2) is 8.54. The number of hydrogen-bond donors (Lipinski definition) is 4. The van der Waals surface area contributed by atoms with E-state index in [0.717, 1.165) is 20.5 Å². The van der Waals surface area contributed by atoms with Crippen LogP contribution in [0.25, 0.3) is 20.5 Å². The lowest BCUT2D eigenvalue weighted by atomic mass is 9.60. The van der Waals surface area contributed by atoms with Crippen molar-refractivity contribution in [3.8, 4) is 16.2 Å². The predicted octanol–water partition coefficient (Wildman–Crippen LogP) is 3.89. The molecule has 2 aromatic carbocycles. The SMILES string of the molecule is CN(C)[C@@H]1C(O)=C(C(N)=O)C(=O)C2C(O)=C3C(=O)c4c(O)ccc(-c5cc6ccccc6s5)c4C[C@H]3C[C@H]21. The van der Waals surface area contributed by atoms with Gasteiger partial charge in [0.2, 0.25) is 0 Å². The molecule has 1 heterocycles. The van der Waals surface area contributed by atoms with Crippen molar-refractivity contribution < 1.29 is 29.7 Å². The average molecular weight is 531 g/mol. The number of likely N-dealkylation sites (N-methyl/N-ethyl adjacent to an activating group) is 1. The molecule has 0 spiro atoms. The van der Waals surface area contributed by atoms with Crippen molar-refractivity contribution in [2.45, 2.75) is 18.9 Å². The maximum atomic E-state index is 13.9. The number of rotatable bonds is 3. The number of aliphatic hydroxyl groups excluding tert-OH is 2. The minimum absolute atomic E-state index is 0.0820. The highest BCUT2D eigenvalue weighted by atomic mass is 32.1. The molecule has 9 heteroatoms. The number of aliphatic hydroxyl groups is 2. The molecular formula is C29H26N2O6S. The van der Waals surface area contributed by atoms with E-state index in [1.54, 1.807) is 30.3 Å². The molecule has 3 aliphatic rings. The number of carbonyl (C=O) groups is 3. The first-order valence-electron chi connectivity index (χ1n) is 12.3. The number of nitrogens with zero attached hydrogens (tertiary/aromatic N) is 1. The number of carbonyl (C=O) groups excluding carboxylic acids is 3. The van der Waals surface area contributed by atoms with Crippen LogP contribution in [-0.4, -0.2) is 57.8 Å². The molecule has 8 nitrogen and oxygen atoms in total. The van der Waals surface area contributed by atoms with Crippen molar-refractivity contribution >= 4 is 38.9 Å². The van der Waals surface area contributed by atoms with Crippen molar-refractivity contribution in [1.82, 2.24) is 4.90 Å². The Hall–Kier alpha value is -3.95. The number of phenols is 1. The van der Waals surface area contributed by atoms with Crippen LogP contribution in [-0.2, 0) is 16.0 Å². The molecule has 1 aromatic heterocycles. The lowest BCUT2D eigenvalue weighted by Crippen LogP contribution is -2.53. The topological polar surface area (TPSA) is 141 Å². The zero-order valence-electron chi connectivity index (χ0n) is 20.8. The second-order valence-electron chi connectivity index (χ2n) is 10.4. The molecular weight excluding hydrogens is 504 g/mol. The summed E-state index contributed by atoms with van der Waals surface area (Å²) in [5, 5.41) is 34.1. The number of fused-ring (bicyclic) bond motifs is 4.